The molecule has 0 aliphatic carbocycles. The lowest BCUT2D eigenvalue weighted by Crippen LogP contribution is -2.31. The number of rotatable bonds is 4. The fraction of sp³-hybridized carbons (Fsp3) is 0.333. The molecule has 0 amide bonds. The van der Waals surface area contributed by atoms with Crippen LogP contribution in [0.3, 0.4) is 0 Å². The van der Waals surface area contributed by atoms with Crippen LogP contribution in [0.15, 0.2) is 30.5 Å². The summed E-state index contributed by atoms with van der Waals surface area (Å²) in [6.07, 6.45) is 2.43. The van der Waals surface area contributed by atoms with E-state index in [0.29, 0.717) is 24.3 Å². The van der Waals surface area contributed by atoms with Crippen LogP contribution in [0.5, 0.6) is 0 Å². The van der Waals surface area contributed by atoms with E-state index in [0.717, 1.165) is 12.1 Å². The summed E-state index contributed by atoms with van der Waals surface area (Å²) >= 11 is 0. The lowest BCUT2D eigenvalue weighted by molar-refractivity contribution is 0.0950. The van der Waals surface area contributed by atoms with Crippen LogP contribution in [-0.4, -0.2) is 22.8 Å². The molecule has 6 heteroatoms. The Hall–Kier alpha value is -2.23. The van der Waals surface area contributed by atoms with Gasteiger partial charge in [0.25, 0.3) is 0 Å². The number of nitrogens with one attached hydrogen (secondary N) is 2. The lowest BCUT2D eigenvalue weighted by atomic mass is 10.1. The SMILES string of the molecule is N#Cc1ccc(F)c(CN[C@H]2CCO[C@@H]2c2ccn[nH]2)c1. The quantitative estimate of drug-likeness (QED) is 0.902. The number of ether oxygens (including phenoxy) is 1. The standard InChI is InChI=1S/C15H15FN4O/c16-12-2-1-10(8-17)7-11(12)9-18-13-4-6-21-15(13)14-3-5-19-20-14/h1-3,5,7,13,15,18H,4,6,9H2,(H,19,20)/t13-,15-/m0/s1. The van der Waals surface area contributed by atoms with E-state index in [1.807, 2.05) is 12.1 Å². The van der Waals surface area contributed by atoms with Crippen LogP contribution in [0.2, 0.25) is 0 Å². The van der Waals surface area contributed by atoms with Gasteiger partial charge in [0, 0.05) is 31.0 Å². The summed E-state index contributed by atoms with van der Waals surface area (Å²) in [4.78, 5) is 0. The number of aromatic nitrogens is 2. The predicted octanol–water partition coefficient (Wildman–Crippen LogP) is 2.04. The first-order valence-corrected chi connectivity index (χ1v) is 6.80. The zero-order chi connectivity index (χ0) is 14.7. The van der Waals surface area contributed by atoms with Gasteiger partial charge in [-0.2, -0.15) is 10.4 Å². The molecule has 5 nitrogen and oxygen atoms in total. The Balaban J connectivity index is 1.69. The molecule has 2 atom stereocenters. The van der Waals surface area contributed by atoms with Crippen LogP contribution in [0.1, 0.15) is 29.3 Å². The second kappa shape index (κ2) is 6.04. The minimum absolute atomic E-state index is 0.0931. The van der Waals surface area contributed by atoms with E-state index in [2.05, 4.69) is 15.5 Å². The summed E-state index contributed by atoms with van der Waals surface area (Å²) < 4.78 is 19.4. The third-order valence-electron chi connectivity index (χ3n) is 3.65. The first kappa shape index (κ1) is 13.7. The van der Waals surface area contributed by atoms with Gasteiger partial charge in [0.2, 0.25) is 0 Å². The summed E-state index contributed by atoms with van der Waals surface area (Å²) in [5, 5.41) is 19.0. The van der Waals surface area contributed by atoms with Crippen molar-refractivity contribution in [3.8, 4) is 6.07 Å². The van der Waals surface area contributed by atoms with Crippen molar-refractivity contribution in [1.82, 2.24) is 15.5 Å². The molecule has 1 aliphatic rings. The molecule has 1 aromatic heterocycles. The van der Waals surface area contributed by atoms with E-state index in [1.54, 1.807) is 12.3 Å². The molecule has 1 aliphatic heterocycles. The molecule has 2 N–H and O–H groups in total. The van der Waals surface area contributed by atoms with Crippen LogP contribution >= 0.6 is 0 Å². The monoisotopic (exact) mass is 286 g/mol. The van der Waals surface area contributed by atoms with Gasteiger partial charge in [-0.1, -0.05) is 0 Å². The Bertz CT molecular complexity index is 650. The van der Waals surface area contributed by atoms with Crippen molar-refractivity contribution in [3.05, 3.63) is 53.1 Å². The van der Waals surface area contributed by atoms with Gasteiger partial charge >= 0.3 is 0 Å². The number of H-pyrrole nitrogens is 1. The number of hydrogen-bond donors (Lipinski definition) is 2. The highest BCUT2D eigenvalue weighted by Crippen LogP contribution is 2.27. The third kappa shape index (κ3) is 2.94. The van der Waals surface area contributed by atoms with Crippen LogP contribution in [0.25, 0.3) is 0 Å². The normalized spacial score (nSPS) is 21.3. The average Bonchev–Trinajstić information content (AvgIpc) is 3.17. The van der Waals surface area contributed by atoms with Crippen molar-refractivity contribution in [2.45, 2.75) is 25.1 Å². The number of halogens is 1. The molecule has 3 rings (SSSR count). The first-order valence-electron chi connectivity index (χ1n) is 6.80. The highest BCUT2D eigenvalue weighted by Gasteiger charge is 2.30. The molecule has 0 radical (unpaired) electrons. The minimum atomic E-state index is -0.307. The van der Waals surface area contributed by atoms with Gasteiger partial charge in [-0.15, -0.1) is 0 Å². The molecule has 108 valence electrons. The van der Waals surface area contributed by atoms with Crippen molar-refractivity contribution in [2.24, 2.45) is 0 Å². The number of hydrogen-bond acceptors (Lipinski definition) is 4. The highest BCUT2D eigenvalue weighted by molar-refractivity contribution is 5.33. The maximum Gasteiger partial charge on any atom is 0.127 e. The number of nitrogens with zero attached hydrogens (tertiary/aromatic N) is 2. The molecule has 0 saturated carbocycles. The Labute approximate surface area is 121 Å². The second-order valence-electron chi connectivity index (χ2n) is 5.00. The van der Waals surface area contributed by atoms with Gasteiger partial charge < -0.3 is 10.1 Å². The van der Waals surface area contributed by atoms with E-state index in [-0.39, 0.29) is 18.0 Å². The number of benzene rings is 1. The number of aromatic amines is 1. The van der Waals surface area contributed by atoms with Crippen molar-refractivity contribution in [1.29, 1.82) is 5.26 Å². The van der Waals surface area contributed by atoms with Gasteiger partial charge in [-0.3, -0.25) is 5.10 Å². The molecule has 1 fully saturated rings. The van der Waals surface area contributed by atoms with E-state index in [4.69, 9.17) is 10.00 Å². The van der Waals surface area contributed by atoms with Crippen molar-refractivity contribution < 1.29 is 9.13 Å². The molecule has 1 saturated heterocycles. The lowest BCUT2D eigenvalue weighted by Gasteiger charge is -2.19. The maximum absolute atomic E-state index is 13.8. The van der Waals surface area contributed by atoms with Crippen LogP contribution < -0.4 is 5.32 Å². The van der Waals surface area contributed by atoms with Gasteiger partial charge in [-0.25, -0.2) is 4.39 Å². The summed E-state index contributed by atoms with van der Waals surface area (Å²) in [5.74, 6) is -0.307. The molecule has 2 heterocycles. The fourth-order valence-corrected chi connectivity index (χ4v) is 2.55. The van der Waals surface area contributed by atoms with Crippen LogP contribution in [0, 0.1) is 17.1 Å². The van der Waals surface area contributed by atoms with Gasteiger partial charge in [0.15, 0.2) is 0 Å². The van der Waals surface area contributed by atoms with Gasteiger partial charge in [0.1, 0.15) is 11.9 Å². The summed E-state index contributed by atoms with van der Waals surface area (Å²) in [6, 6.07) is 8.37. The molecular weight excluding hydrogens is 271 g/mol. The van der Waals surface area contributed by atoms with E-state index >= 15 is 0 Å². The summed E-state index contributed by atoms with van der Waals surface area (Å²) in [7, 11) is 0. The Morgan fingerprint density at radius 2 is 2.38 bits per heavy atom. The molecule has 0 bridgehead atoms. The molecule has 1 aromatic carbocycles. The highest BCUT2D eigenvalue weighted by atomic mass is 19.1. The summed E-state index contributed by atoms with van der Waals surface area (Å²) in [6.45, 7) is 1.02. The first-order chi connectivity index (χ1) is 10.3. The molecule has 0 unspecified atom stereocenters. The van der Waals surface area contributed by atoms with Crippen LogP contribution in [-0.2, 0) is 11.3 Å². The molecule has 0 spiro atoms. The molecule has 21 heavy (non-hydrogen) atoms. The molecular formula is C15H15FN4O. The Morgan fingerprint density at radius 3 is 3.14 bits per heavy atom. The van der Waals surface area contributed by atoms with E-state index in [9.17, 15) is 4.39 Å². The predicted molar refractivity (Wildman–Crippen MR) is 73.6 cm³/mol. The smallest absolute Gasteiger partial charge is 0.127 e. The zero-order valence-electron chi connectivity index (χ0n) is 11.3. The van der Waals surface area contributed by atoms with Crippen LogP contribution in [0.4, 0.5) is 4.39 Å². The average molecular weight is 286 g/mol. The van der Waals surface area contributed by atoms with E-state index < -0.39 is 0 Å². The van der Waals surface area contributed by atoms with Crippen molar-refractivity contribution in [3.63, 3.8) is 0 Å². The number of nitriles is 1. The third-order valence-corrected chi connectivity index (χ3v) is 3.65. The largest absolute Gasteiger partial charge is 0.370 e. The maximum atomic E-state index is 13.8. The Kier molecular flexibility index (Phi) is 3.95. The van der Waals surface area contributed by atoms with Crippen molar-refractivity contribution >= 4 is 0 Å². The topological polar surface area (TPSA) is 73.7 Å². The van der Waals surface area contributed by atoms with E-state index in [1.165, 1.54) is 12.1 Å². The Morgan fingerprint density at radius 1 is 1.48 bits per heavy atom. The fourth-order valence-electron chi connectivity index (χ4n) is 2.55. The van der Waals surface area contributed by atoms with Crippen molar-refractivity contribution in [2.75, 3.05) is 6.61 Å². The summed E-state index contributed by atoms with van der Waals surface area (Å²) in [5.41, 5.74) is 1.86. The zero-order valence-corrected chi connectivity index (χ0v) is 11.3. The van der Waals surface area contributed by atoms with Gasteiger partial charge in [0.05, 0.1) is 17.3 Å². The van der Waals surface area contributed by atoms with Gasteiger partial charge in [-0.05, 0) is 30.7 Å². The minimum Gasteiger partial charge on any atom is -0.370 e. The second-order valence-corrected chi connectivity index (χ2v) is 5.00. The molecule has 2 aromatic rings.